The van der Waals surface area contributed by atoms with Crippen molar-refractivity contribution in [2.24, 2.45) is 0 Å². The summed E-state index contributed by atoms with van der Waals surface area (Å²) in [4.78, 5) is 45.8. The highest BCUT2D eigenvalue weighted by molar-refractivity contribution is 7.85. The Labute approximate surface area is 431 Å². The van der Waals surface area contributed by atoms with Crippen LogP contribution in [0.25, 0.3) is 27.9 Å². The van der Waals surface area contributed by atoms with E-state index >= 15 is 0 Å². The molecule has 0 spiro atoms. The number of carbonyl (C=O) groups is 3. The Hall–Kier alpha value is -8.93. The predicted octanol–water partition coefficient (Wildman–Crippen LogP) is 13.7. The van der Waals surface area contributed by atoms with E-state index in [4.69, 9.17) is 9.47 Å². The highest BCUT2D eigenvalue weighted by Crippen LogP contribution is 2.56. The number of carbonyl (C=O) groups excluding carboxylic acids is 3. The van der Waals surface area contributed by atoms with E-state index in [2.05, 4.69) is 4.98 Å². The molecule has 8 aromatic carbocycles. The number of nitrogens with zero attached hydrogens (tertiary/aromatic N) is 2. The van der Waals surface area contributed by atoms with Gasteiger partial charge in [0.1, 0.15) is 17.2 Å². The van der Waals surface area contributed by atoms with Crippen molar-refractivity contribution in [1.82, 2.24) is 9.55 Å². The summed E-state index contributed by atoms with van der Waals surface area (Å²) in [7, 11) is -3.36. The van der Waals surface area contributed by atoms with Gasteiger partial charge in [0.15, 0.2) is 17.3 Å². The lowest BCUT2D eigenvalue weighted by atomic mass is 9.73. The van der Waals surface area contributed by atoms with Crippen LogP contribution in [0.4, 0.5) is 26.3 Å². The van der Waals surface area contributed by atoms with Crippen LogP contribution in [-0.2, 0) is 15.5 Å². The van der Waals surface area contributed by atoms with Crippen LogP contribution < -0.4 is 9.47 Å². The third-order valence-electron chi connectivity index (χ3n) is 12.9. The predicted molar refractivity (Wildman–Crippen MR) is 271 cm³/mol. The molecule has 17 heteroatoms. The van der Waals surface area contributed by atoms with Crippen LogP contribution >= 0.6 is 0 Å². The van der Waals surface area contributed by atoms with Gasteiger partial charge in [0, 0.05) is 51.5 Å². The van der Waals surface area contributed by atoms with E-state index in [9.17, 15) is 53.7 Å². The summed E-state index contributed by atoms with van der Waals surface area (Å²) >= 11 is 0. The summed E-state index contributed by atoms with van der Waals surface area (Å²) in [5.41, 5.74) is -1.42. The maximum Gasteiger partial charge on any atom is 0.411 e. The quantitative estimate of drug-likeness (QED) is 0.0603. The van der Waals surface area contributed by atoms with Crippen molar-refractivity contribution in [1.29, 1.82) is 0 Å². The van der Waals surface area contributed by atoms with Gasteiger partial charge in [0.25, 0.3) is 10.1 Å². The number of aryl methyl sites for hydroxylation is 1. The van der Waals surface area contributed by atoms with Crippen LogP contribution in [0.3, 0.4) is 0 Å². The van der Waals surface area contributed by atoms with Crippen molar-refractivity contribution in [2.75, 3.05) is 7.11 Å². The molecule has 76 heavy (non-hydrogen) atoms. The SMILES string of the molecule is COc1ccc(C(c2ccc(Oc3ccc(C(=O)c4ccc(-c5ccc(-c6ccc(C)c(C(=O)c7cccc(S(=O)(=O)O)c7)c6)c(C(=O)c6ccc(-n7ccnc7)cc6)c5)cc4)cc3)cc2)(C(F)(F)F)C(F)(F)F)cc1. The molecular formula is C59H40F6N2O8S. The summed E-state index contributed by atoms with van der Waals surface area (Å²) in [6, 6.07) is 41.7. The van der Waals surface area contributed by atoms with Gasteiger partial charge < -0.3 is 14.0 Å². The second-order valence-corrected chi connectivity index (χ2v) is 18.9. The minimum atomic E-state index is -5.79. The summed E-state index contributed by atoms with van der Waals surface area (Å²) < 4.78 is 134. The summed E-state index contributed by atoms with van der Waals surface area (Å²) in [5.74, 6) is -1.06. The van der Waals surface area contributed by atoms with Crippen LogP contribution in [-0.4, -0.2) is 59.3 Å². The number of hydrogen-bond donors (Lipinski definition) is 1. The van der Waals surface area contributed by atoms with Crippen molar-refractivity contribution in [2.45, 2.75) is 29.6 Å². The molecule has 1 heterocycles. The second kappa shape index (κ2) is 20.4. The van der Waals surface area contributed by atoms with Gasteiger partial charge in [0.05, 0.1) is 18.3 Å². The number of benzene rings is 8. The average molecular weight is 1050 g/mol. The fourth-order valence-electron chi connectivity index (χ4n) is 8.89. The molecule has 0 aliphatic heterocycles. The van der Waals surface area contributed by atoms with E-state index in [0.717, 1.165) is 48.2 Å². The maximum absolute atomic E-state index is 14.7. The minimum absolute atomic E-state index is 0.0263. The van der Waals surface area contributed by atoms with Crippen LogP contribution in [0.5, 0.6) is 17.2 Å². The Kier molecular flexibility index (Phi) is 14.0. The minimum Gasteiger partial charge on any atom is -0.497 e. The Morgan fingerprint density at radius 2 is 1.04 bits per heavy atom. The number of rotatable bonds is 15. The molecule has 9 aromatic rings. The highest BCUT2D eigenvalue weighted by Gasteiger charge is 2.72. The van der Waals surface area contributed by atoms with Crippen molar-refractivity contribution < 1.29 is 63.2 Å². The zero-order valence-electron chi connectivity index (χ0n) is 39.9. The number of ketones is 3. The lowest BCUT2D eigenvalue weighted by Crippen LogP contribution is -2.54. The van der Waals surface area contributed by atoms with Crippen molar-refractivity contribution >= 4 is 27.5 Å². The molecule has 0 saturated carbocycles. The Morgan fingerprint density at radius 3 is 1.59 bits per heavy atom. The summed E-state index contributed by atoms with van der Waals surface area (Å²) in [6.07, 6.45) is -6.55. The van der Waals surface area contributed by atoms with Gasteiger partial charge in [-0.2, -0.15) is 34.8 Å². The van der Waals surface area contributed by atoms with Crippen LogP contribution in [0.1, 0.15) is 64.5 Å². The van der Waals surface area contributed by atoms with E-state index in [1.165, 1.54) is 49.6 Å². The van der Waals surface area contributed by atoms with Crippen molar-refractivity contribution in [3.8, 4) is 45.2 Å². The molecule has 0 saturated heterocycles. The van der Waals surface area contributed by atoms with E-state index in [-0.39, 0.29) is 51.1 Å². The Balaban J connectivity index is 0.968. The van der Waals surface area contributed by atoms with Crippen molar-refractivity contribution in [3.05, 3.63) is 251 Å². The van der Waals surface area contributed by atoms with Gasteiger partial charge in [-0.1, -0.05) is 84.9 Å². The first-order valence-corrected chi connectivity index (χ1v) is 24.4. The molecule has 1 N–H and O–H groups in total. The number of imidazole rings is 1. The standard InChI is InChI=1S/C59H40F6N2O8S/c1-36-6-7-42(34-52(36)56(70)43-4-3-5-50(32-43)76(71,72)73)51-29-16-41(33-53(51)55(69)40-12-21-46(22-13-40)67-31-30-66-35-67)37-8-10-38(11-9-37)54(68)39-14-23-48(24-15-39)75-49-27-19-45(20-28-49)57(58(60,61)62,59(63,64)65)44-17-25-47(74-2)26-18-44/h3-35H,1-2H3,(H,71,72,73). The van der Waals surface area contributed by atoms with Gasteiger partial charge in [-0.3, -0.25) is 18.9 Å². The molecule has 0 fully saturated rings. The van der Waals surface area contributed by atoms with Gasteiger partial charge in [-0.25, -0.2) is 4.98 Å². The normalized spacial score (nSPS) is 12.0. The number of ether oxygens (including phenoxy) is 2. The molecule has 0 radical (unpaired) electrons. The number of halogens is 6. The molecule has 1 aromatic heterocycles. The second-order valence-electron chi connectivity index (χ2n) is 17.5. The maximum atomic E-state index is 14.7. The van der Waals surface area contributed by atoms with Gasteiger partial charge >= 0.3 is 12.4 Å². The lowest BCUT2D eigenvalue weighted by molar-refractivity contribution is -0.288. The molecule has 10 nitrogen and oxygen atoms in total. The molecule has 0 unspecified atom stereocenters. The molecule has 0 amide bonds. The smallest absolute Gasteiger partial charge is 0.411 e. The fraction of sp³-hybridized carbons (Fsp3) is 0.0847. The number of methoxy groups -OCH3 is 1. The lowest BCUT2D eigenvalue weighted by Gasteiger charge is -2.38. The summed E-state index contributed by atoms with van der Waals surface area (Å²) in [5, 5.41) is 0. The first-order valence-electron chi connectivity index (χ1n) is 23.0. The zero-order chi connectivity index (χ0) is 54.2. The van der Waals surface area contributed by atoms with Crippen LogP contribution in [0.15, 0.2) is 206 Å². The number of alkyl halides is 6. The van der Waals surface area contributed by atoms with Gasteiger partial charge in [-0.05, 0) is 143 Å². The number of aromatic nitrogens is 2. The average Bonchev–Trinajstić information content (AvgIpc) is 4.02. The molecule has 0 atom stereocenters. The van der Waals surface area contributed by atoms with Crippen LogP contribution in [0, 0.1) is 6.92 Å². The third-order valence-corrected chi connectivity index (χ3v) is 13.7. The summed E-state index contributed by atoms with van der Waals surface area (Å²) in [6.45, 7) is 1.72. The third kappa shape index (κ3) is 10.2. The van der Waals surface area contributed by atoms with Gasteiger partial charge in [-0.15, -0.1) is 0 Å². The number of hydrogen-bond acceptors (Lipinski definition) is 8. The van der Waals surface area contributed by atoms with E-state index < -0.39 is 49.7 Å². The molecule has 0 bridgehead atoms. The molecule has 9 rings (SSSR count). The Bertz CT molecular complexity index is 3740. The first-order chi connectivity index (χ1) is 36.2. The monoisotopic (exact) mass is 1050 g/mol. The zero-order valence-corrected chi connectivity index (χ0v) is 40.7. The molecular weight excluding hydrogens is 1010 g/mol. The van der Waals surface area contributed by atoms with E-state index in [0.29, 0.717) is 51.1 Å². The molecule has 382 valence electrons. The Morgan fingerprint density at radius 1 is 0.539 bits per heavy atom. The fourth-order valence-corrected chi connectivity index (χ4v) is 9.42. The molecule has 0 aliphatic carbocycles. The van der Waals surface area contributed by atoms with Crippen LogP contribution in [0.2, 0.25) is 0 Å². The first kappa shape index (κ1) is 52.0. The van der Waals surface area contributed by atoms with E-state index in [1.54, 1.807) is 115 Å². The van der Waals surface area contributed by atoms with E-state index in [1.807, 2.05) is 0 Å². The molecule has 0 aliphatic rings. The highest BCUT2D eigenvalue weighted by atomic mass is 32.2. The largest absolute Gasteiger partial charge is 0.497 e. The topological polar surface area (TPSA) is 142 Å². The van der Waals surface area contributed by atoms with Crippen molar-refractivity contribution in [3.63, 3.8) is 0 Å². The van der Waals surface area contributed by atoms with Gasteiger partial charge in [0.2, 0.25) is 5.41 Å².